The van der Waals surface area contributed by atoms with Gasteiger partial charge >= 0.3 is 0 Å². The molecule has 1 aromatic rings. The lowest BCUT2D eigenvalue weighted by Gasteiger charge is -2.15. The zero-order chi connectivity index (χ0) is 13.3. The van der Waals surface area contributed by atoms with Gasteiger partial charge in [0.05, 0.1) is 6.54 Å². The fourth-order valence-electron chi connectivity index (χ4n) is 2.70. The van der Waals surface area contributed by atoms with Gasteiger partial charge in [0.2, 0.25) is 0 Å². The molecule has 2 heteroatoms. The zero-order valence-corrected chi connectivity index (χ0v) is 11.9. The van der Waals surface area contributed by atoms with Crippen molar-refractivity contribution in [1.82, 2.24) is 4.90 Å². The first-order chi connectivity index (χ1) is 8.47. The topological polar surface area (TPSA) is 20.3 Å². The molecule has 98 valence electrons. The Balaban J connectivity index is 2.06. The molecule has 2 nitrogen and oxygen atoms in total. The number of rotatable bonds is 3. The van der Waals surface area contributed by atoms with E-state index < -0.39 is 0 Å². The van der Waals surface area contributed by atoms with Crippen molar-refractivity contribution >= 4 is 5.78 Å². The van der Waals surface area contributed by atoms with Crippen LogP contribution in [0.4, 0.5) is 0 Å². The van der Waals surface area contributed by atoms with Crippen molar-refractivity contribution in [2.45, 2.75) is 27.7 Å². The maximum Gasteiger partial charge on any atom is 0.177 e. The van der Waals surface area contributed by atoms with Gasteiger partial charge in [-0.2, -0.15) is 0 Å². The van der Waals surface area contributed by atoms with Crippen molar-refractivity contribution in [2.75, 3.05) is 19.6 Å². The summed E-state index contributed by atoms with van der Waals surface area (Å²) in [6, 6.07) is 6.12. The second kappa shape index (κ2) is 5.23. The van der Waals surface area contributed by atoms with E-state index in [1.54, 1.807) is 0 Å². The molecule has 0 amide bonds. The number of ketones is 1. The molecule has 0 bridgehead atoms. The Hall–Kier alpha value is -1.15. The van der Waals surface area contributed by atoms with Crippen molar-refractivity contribution in [3.8, 4) is 0 Å². The van der Waals surface area contributed by atoms with Crippen LogP contribution in [0.15, 0.2) is 18.2 Å². The molecule has 1 aromatic carbocycles. The molecule has 1 saturated heterocycles. The van der Waals surface area contributed by atoms with Gasteiger partial charge < -0.3 is 0 Å². The summed E-state index contributed by atoms with van der Waals surface area (Å²) in [7, 11) is 0. The van der Waals surface area contributed by atoms with Crippen LogP contribution >= 0.6 is 0 Å². The molecule has 18 heavy (non-hydrogen) atoms. The Morgan fingerprint density at radius 2 is 1.83 bits per heavy atom. The second-order valence-electron chi connectivity index (χ2n) is 5.89. The molecule has 1 fully saturated rings. The number of hydrogen-bond donors (Lipinski definition) is 0. The van der Waals surface area contributed by atoms with Crippen molar-refractivity contribution in [3.63, 3.8) is 0 Å². The average Bonchev–Trinajstić information content (AvgIpc) is 2.61. The van der Waals surface area contributed by atoms with E-state index in [-0.39, 0.29) is 5.78 Å². The van der Waals surface area contributed by atoms with Crippen LogP contribution < -0.4 is 0 Å². The van der Waals surface area contributed by atoms with Crippen LogP contribution in [-0.2, 0) is 0 Å². The molecule has 2 atom stereocenters. The summed E-state index contributed by atoms with van der Waals surface area (Å²) in [4.78, 5) is 14.6. The molecule has 2 rings (SSSR count). The molecule has 1 aliphatic rings. The van der Waals surface area contributed by atoms with Gasteiger partial charge in [0.1, 0.15) is 0 Å². The molecule has 0 N–H and O–H groups in total. The first kappa shape index (κ1) is 13.3. The molecule has 1 heterocycles. The van der Waals surface area contributed by atoms with E-state index in [2.05, 4.69) is 24.8 Å². The fraction of sp³-hybridized carbons (Fsp3) is 0.562. The Morgan fingerprint density at radius 1 is 1.22 bits per heavy atom. The molecule has 0 spiro atoms. The van der Waals surface area contributed by atoms with Crippen LogP contribution in [0.5, 0.6) is 0 Å². The third-order valence-corrected chi connectivity index (χ3v) is 4.12. The number of carbonyl (C=O) groups is 1. The van der Waals surface area contributed by atoms with Crippen molar-refractivity contribution < 1.29 is 4.79 Å². The summed E-state index contributed by atoms with van der Waals surface area (Å²) >= 11 is 0. The molecule has 0 radical (unpaired) electrons. The van der Waals surface area contributed by atoms with Crippen molar-refractivity contribution in [2.24, 2.45) is 11.8 Å². The van der Waals surface area contributed by atoms with Crippen LogP contribution in [0, 0.1) is 25.7 Å². The summed E-state index contributed by atoms with van der Waals surface area (Å²) < 4.78 is 0. The van der Waals surface area contributed by atoms with Crippen LogP contribution in [-0.4, -0.2) is 30.3 Å². The highest BCUT2D eigenvalue weighted by atomic mass is 16.1. The molecular formula is C16H23NO. The summed E-state index contributed by atoms with van der Waals surface area (Å²) in [5, 5.41) is 0. The zero-order valence-electron chi connectivity index (χ0n) is 11.9. The Morgan fingerprint density at radius 3 is 2.44 bits per heavy atom. The highest BCUT2D eigenvalue weighted by Crippen LogP contribution is 2.22. The predicted octanol–water partition coefficient (Wildman–Crippen LogP) is 3.07. The standard InChI is InChI=1S/C16H23NO/c1-11-5-6-12(2)15(7-11)16(18)10-17-8-13(3)14(4)9-17/h5-7,13-14H,8-10H2,1-4H3. The van der Waals surface area contributed by atoms with Gasteiger partial charge in [-0.05, 0) is 37.3 Å². The maximum atomic E-state index is 12.3. The van der Waals surface area contributed by atoms with Crippen molar-refractivity contribution in [1.29, 1.82) is 0 Å². The van der Waals surface area contributed by atoms with Crippen molar-refractivity contribution in [3.05, 3.63) is 34.9 Å². The van der Waals surface area contributed by atoms with Crippen LogP contribution in [0.1, 0.15) is 35.3 Å². The lowest BCUT2D eigenvalue weighted by Crippen LogP contribution is -2.28. The van der Waals surface area contributed by atoms with Gasteiger partial charge in [0.25, 0.3) is 0 Å². The average molecular weight is 245 g/mol. The van der Waals surface area contributed by atoms with Gasteiger partial charge in [-0.15, -0.1) is 0 Å². The first-order valence-corrected chi connectivity index (χ1v) is 6.80. The molecule has 0 saturated carbocycles. The smallest absolute Gasteiger partial charge is 0.177 e. The fourth-order valence-corrected chi connectivity index (χ4v) is 2.70. The van der Waals surface area contributed by atoms with E-state index in [0.29, 0.717) is 18.4 Å². The number of Topliss-reactive ketones (excluding diaryl/α,β-unsaturated/α-hetero) is 1. The Labute approximate surface area is 110 Å². The SMILES string of the molecule is Cc1ccc(C)c(C(=O)CN2CC(C)C(C)C2)c1. The van der Waals surface area contributed by atoms with E-state index in [1.807, 2.05) is 26.0 Å². The number of benzene rings is 1. The normalized spacial score (nSPS) is 24.4. The number of aryl methyl sites for hydroxylation is 2. The predicted molar refractivity (Wildman–Crippen MR) is 75.0 cm³/mol. The first-order valence-electron chi connectivity index (χ1n) is 6.80. The van der Waals surface area contributed by atoms with Crippen LogP contribution in [0.25, 0.3) is 0 Å². The Bertz CT molecular complexity index is 442. The number of nitrogens with zero attached hydrogens (tertiary/aromatic N) is 1. The monoisotopic (exact) mass is 245 g/mol. The highest BCUT2D eigenvalue weighted by Gasteiger charge is 2.27. The maximum absolute atomic E-state index is 12.3. The van der Waals surface area contributed by atoms with Gasteiger partial charge in [-0.3, -0.25) is 9.69 Å². The van der Waals surface area contributed by atoms with E-state index in [4.69, 9.17) is 0 Å². The number of carbonyl (C=O) groups excluding carboxylic acids is 1. The third-order valence-electron chi connectivity index (χ3n) is 4.12. The summed E-state index contributed by atoms with van der Waals surface area (Å²) in [6.07, 6.45) is 0. The summed E-state index contributed by atoms with van der Waals surface area (Å²) in [5.41, 5.74) is 3.14. The molecular weight excluding hydrogens is 222 g/mol. The quantitative estimate of drug-likeness (QED) is 0.763. The van der Waals surface area contributed by atoms with E-state index in [1.165, 1.54) is 0 Å². The van der Waals surface area contributed by atoms with E-state index >= 15 is 0 Å². The summed E-state index contributed by atoms with van der Waals surface area (Å²) in [5.74, 6) is 1.67. The minimum absolute atomic E-state index is 0.262. The minimum Gasteiger partial charge on any atom is -0.295 e. The third kappa shape index (κ3) is 2.81. The van der Waals surface area contributed by atoms with Gasteiger partial charge in [0.15, 0.2) is 5.78 Å². The van der Waals surface area contributed by atoms with Gasteiger partial charge in [0, 0.05) is 18.7 Å². The number of likely N-dealkylation sites (tertiary alicyclic amines) is 1. The largest absolute Gasteiger partial charge is 0.295 e. The number of hydrogen-bond acceptors (Lipinski definition) is 2. The van der Waals surface area contributed by atoms with Gasteiger partial charge in [-0.25, -0.2) is 0 Å². The molecule has 2 unspecified atom stereocenters. The van der Waals surface area contributed by atoms with E-state index in [0.717, 1.165) is 29.8 Å². The lowest BCUT2D eigenvalue weighted by molar-refractivity contribution is 0.0942. The molecule has 0 aromatic heterocycles. The summed E-state index contributed by atoms with van der Waals surface area (Å²) in [6.45, 7) is 11.3. The molecule has 1 aliphatic heterocycles. The van der Waals surface area contributed by atoms with Crippen LogP contribution in [0.2, 0.25) is 0 Å². The highest BCUT2D eigenvalue weighted by molar-refractivity contribution is 5.99. The van der Waals surface area contributed by atoms with Crippen LogP contribution in [0.3, 0.4) is 0 Å². The van der Waals surface area contributed by atoms with E-state index in [9.17, 15) is 4.79 Å². The van der Waals surface area contributed by atoms with Gasteiger partial charge in [-0.1, -0.05) is 31.5 Å². The molecule has 0 aliphatic carbocycles. The minimum atomic E-state index is 0.262. The second-order valence-corrected chi connectivity index (χ2v) is 5.89. The lowest BCUT2D eigenvalue weighted by atomic mass is 10.0. The Kier molecular flexibility index (Phi) is 3.86.